The number of benzene rings is 3. The number of rotatable bonds is 8. The summed E-state index contributed by atoms with van der Waals surface area (Å²) in [5.41, 5.74) is 6.95. The largest absolute Gasteiger partial charge is 0.494 e. The van der Waals surface area contributed by atoms with Gasteiger partial charge >= 0.3 is 0 Å². The maximum atomic E-state index is 6.60. The van der Waals surface area contributed by atoms with Crippen LogP contribution < -0.4 is 15.2 Å². The van der Waals surface area contributed by atoms with E-state index in [1.165, 1.54) is 12.8 Å². The number of fused-ring (bicyclic) bond motifs is 1. The fourth-order valence-electron chi connectivity index (χ4n) is 3.73. The molecule has 32 heavy (non-hydrogen) atoms. The minimum atomic E-state index is -0.654. The molecule has 1 saturated heterocycles. The minimum Gasteiger partial charge on any atom is -0.494 e. The molecule has 0 bridgehead atoms. The van der Waals surface area contributed by atoms with Crippen LogP contribution in [0.5, 0.6) is 17.2 Å². The quantitative estimate of drug-likeness (QED) is 0.431. The first kappa shape index (κ1) is 22.6. The van der Waals surface area contributed by atoms with E-state index < -0.39 is 11.3 Å². The molecule has 0 spiro atoms. The molecule has 1 heterocycles. The van der Waals surface area contributed by atoms with Crippen molar-refractivity contribution in [2.45, 2.75) is 51.4 Å². The summed E-state index contributed by atoms with van der Waals surface area (Å²) in [6, 6.07) is 20.1. The van der Waals surface area contributed by atoms with Crippen LogP contribution >= 0.6 is 0 Å². The van der Waals surface area contributed by atoms with E-state index >= 15 is 0 Å². The van der Waals surface area contributed by atoms with Crippen molar-refractivity contribution in [3.63, 3.8) is 0 Å². The number of ether oxygens (including phenoxy) is 4. The average molecular weight is 436 g/mol. The summed E-state index contributed by atoms with van der Waals surface area (Å²) in [5.74, 6) is 1.84. The normalized spacial score (nSPS) is 17.2. The topological polar surface area (TPSA) is 62.9 Å². The summed E-state index contributed by atoms with van der Waals surface area (Å²) >= 11 is 0. The lowest BCUT2D eigenvalue weighted by molar-refractivity contribution is -0.268. The molecule has 4 rings (SSSR count). The van der Waals surface area contributed by atoms with Gasteiger partial charge in [0.1, 0.15) is 17.2 Å². The van der Waals surface area contributed by atoms with Gasteiger partial charge in [-0.05, 0) is 79.1 Å². The highest BCUT2D eigenvalue weighted by Crippen LogP contribution is 2.32. The van der Waals surface area contributed by atoms with Crippen molar-refractivity contribution in [2.75, 3.05) is 19.8 Å². The van der Waals surface area contributed by atoms with Crippen molar-refractivity contribution in [3.8, 4) is 17.2 Å². The molecule has 0 atom stereocenters. The Morgan fingerprint density at radius 3 is 2.16 bits per heavy atom. The van der Waals surface area contributed by atoms with Gasteiger partial charge in [0.25, 0.3) is 0 Å². The Morgan fingerprint density at radius 1 is 0.812 bits per heavy atom. The van der Waals surface area contributed by atoms with E-state index in [1.54, 1.807) is 0 Å². The average Bonchev–Trinajstić information content (AvgIpc) is 2.80. The van der Waals surface area contributed by atoms with E-state index in [0.717, 1.165) is 46.6 Å². The lowest BCUT2D eigenvalue weighted by Crippen LogP contribution is -2.54. The predicted octanol–water partition coefficient (Wildman–Crippen LogP) is 6.14. The Hall–Kier alpha value is -2.60. The van der Waals surface area contributed by atoms with Gasteiger partial charge in [0, 0.05) is 0 Å². The molecular formula is C27H33NO4. The first-order chi connectivity index (χ1) is 15.4. The third kappa shape index (κ3) is 5.41. The highest BCUT2D eigenvalue weighted by atomic mass is 16.7. The molecule has 170 valence electrons. The zero-order valence-electron chi connectivity index (χ0n) is 19.2. The first-order valence-electron chi connectivity index (χ1n) is 11.4. The van der Waals surface area contributed by atoms with Crippen LogP contribution in [0.2, 0.25) is 0 Å². The van der Waals surface area contributed by atoms with Gasteiger partial charge in [-0.15, -0.1) is 0 Å². The van der Waals surface area contributed by atoms with Crippen LogP contribution in [0, 0.1) is 0 Å². The van der Waals surface area contributed by atoms with E-state index in [9.17, 15) is 0 Å². The van der Waals surface area contributed by atoms with Crippen LogP contribution in [-0.2, 0) is 15.0 Å². The zero-order chi connectivity index (χ0) is 22.6. The van der Waals surface area contributed by atoms with Crippen molar-refractivity contribution < 1.29 is 18.9 Å². The van der Waals surface area contributed by atoms with Crippen LogP contribution in [0.15, 0.2) is 60.7 Å². The molecule has 3 aromatic carbocycles. The molecule has 0 unspecified atom stereocenters. The highest BCUT2D eigenvalue weighted by molar-refractivity contribution is 5.85. The summed E-state index contributed by atoms with van der Waals surface area (Å²) in [6.07, 6.45) is 3.46. The van der Waals surface area contributed by atoms with Gasteiger partial charge in [0.2, 0.25) is 0 Å². The molecule has 0 amide bonds. The maximum Gasteiger partial charge on any atom is 0.162 e. The van der Waals surface area contributed by atoms with Crippen molar-refractivity contribution in [3.05, 3.63) is 66.2 Å². The van der Waals surface area contributed by atoms with E-state index in [0.29, 0.717) is 13.2 Å². The monoisotopic (exact) mass is 435 g/mol. The van der Waals surface area contributed by atoms with Gasteiger partial charge in [0.15, 0.2) is 5.79 Å². The van der Waals surface area contributed by atoms with Crippen LogP contribution in [0.4, 0.5) is 0 Å². The summed E-state index contributed by atoms with van der Waals surface area (Å²) < 4.78 is 23.4. The van der Waals surface area contributed by atoms with Gasteiger partial charge in [-0.2, -0.15) is 0 Å². The molecule has 5 heteroatoms. The van der Waals surface area contributed by atoms with Gasteiger partial charge in [-0.1, -0.05) is 38.0 Å². The zero-order valence-corrected chi connectivity index (χ0v) is 19.2. The van der Waals surface area contributed by atoms with Gasteiger partial charge in [-0.3, -0.25) is 0 Å². The first-order valence-corrected chi connectivity index (χ1v) is 11.4. The maximum absolute atomic E-state index is 6.60. The van der Waals surface area contributed by atoms with E-state index in [-0.39, 0.29) is 0 Å². The van der Waals surface area contributed by atoms with Crippen molar-refractivity contribution in [2.24, 2.45) is 5.73 Å². The molecule has 0 radical (unpaired) electrons. The van der Waals surface area contributed by atoms with E-state index in [2.05, 4.69) is 25.1 Å². The predicted molar refractivity (Wildman–Crippen MR) is 127 cm³/mol. The van der Waals surface area contributed by atoms with Crippen LogP contribution in [-0.4, -0.2) is 25.6 Å². The molecule has 5 nitrogen and oxygen atoms in total. The third-order valence-electron chi connectivity index (χ3n) is 5.82. The molecule has 3 aromatic rings. The van der Waals surface area contributed by atoms with Crippen molar-refractivity contribution in [1.29, 1.82) is 0 Å². The van der Waals surface area contributed by atoms with Crippen LogP contribution in [0.25, 0.3) is 10.8 Å². The Kier molecular flexibility index (Phi) is 6.70. The fourth-order valence-corrected chi connectivity index (χ4v) is 3.73. The third-order valence-corrected chi connectivity index (χ3v) is 5.82. The number of hydrogen-bond acceptors (Lipinski definition) is 5. The molecule has 1 aliphatic heterocycles. The summed E-state index contributed by atoms with van der Waals surface area (Å²) in [7, 11) is 0. The SMILES string of the molecule is CCCCCOc1ccc(Oc2ccc3cc(C4(N)COC(C)(C)OC4)ccc3c2)cc1. The second kappa shape index (κ2) is 9.49. The van der Waals surface area contributed by atoms with Crippen molar-refractivity contribution in [1.82, 2.24) is 0 Å². The lowest BCUT2D eigenvalue weighted by atomic mass is 9.90. The Balaban J connectivity index is 1.42. The molecule has 2 N–H and O–H groups in total. The van der Waals surface area contributed by atoms with Gasteiger partial charge in [-0.25, -0.2) is 0 Å². The number of hydrogen-bond donors (Lipinski definition) is 1. The summed E-state index contributed by atoms with van der Waals surface area (Å²) in [4.78, 5) is 0. The Morgan fingerprint density at radius 2 is 1.44 bits per heavy atom. The lowest BCUT2D eigenvalue weighted by Gasteiger charge is -2.41. The highest BCUT2D eigenvalue weighted by Gasteiger charge is 2.38. The Bertz CT molecular complexity index is 1040. The summed E-state index contributed by atoms with van der Waals surface area (Å²) in [6.45, 7) is 7.59. The van der Waals surface area contributed by atoms with Crippen LogP contribution in [0.1, 0.15) is 45.6 Å². The molecule has 0 aromatic heterocycles. The molecule has 1 fully saturated rings. The standard InChI is InChI=1S/C27H33NO4/c1-4-5-6-15-29-23-11-13-24(14-12-23)32-25-10-8-20-16-22(9-7-21(20)17-25)27(28)18-30-26(2,3)31-19-27/h7-14,16-17H,4-6,15,18-19,28H2,1-3H3. The second-order valence-electron chi connectivity index (χ2n) is 8.99. The van der Waals surface area contributed by atoms with E-state index in [4.69, 9.17) is 24.7 Å². The van der Waals surface area contributed by atoms with Crippen LogP contribution in [0.3, 0.4) is 0 Å². The van der Waals surface area contributed by atoms with Gasteiger partial charge < -0.3 is 24.7 Å². The van der Waals surface area contributed by atoms with E-state index in [1.807, 2.05) is 56.3 Å². The van der Waals surface area contributed by atoms with Gasteiger partial charge in [0.05, 0.1) is 25.4 Å². The fraction of sp³-hybridized carbons (Fsp3) is 0.407. The molecular weight excluding hydrogens is 402 g/mol. The molecule has 1 aliphatic rings. The smallest absolute Gasteiger partial charge is 0.162 e. The number of nitrogens with two attached hydrogens (primary N) is 1. The second-order valence-corrected chi connectivity index (χ2v) is 8.99. The summed E-state index contributed by atoms with van der Waals surface area (Å²) in [5, 5.41) is 2.18. The molecule has 0 aliphatic carbocycles. The molecule has 0 saturated carbocycles. The minimum absolute atomic E-state index is 0.422. The number of unbranched alkanes of at least 4 members (excludes halogenated alkanes) is 2. The van der Waals surface area contributed by atoms with Crippen molar-refractivity contribution >= 4 is 10.8 Å². The Labute approximate surface area is 190 Å².